The molecule has 0 bridgehead atoms. The fourth-order valence-electron chi connectivity index (χ4n) is 3.40. The van der Waals surface area contributed by atoms with Gasteiger partial charge in [-0.3, -0.25) is 9.69 Å². The van der Waals surface area contributed by atoms with E-state index in [4.69, 9.17) is 11.6 Å². The van der Waals surface area contributed by atoms with E-state index >= 15 is 0 Å². The van der Waals surface area contributed by atoms with Gasteiger partial charge >= 0.3 is 0 Å². The van der Waals surface area contributed by atoms with Gasteiger partial charge in [0.05, 0.1) is 10.7 Å². The molecule has 0 aliphatic heterocycles. The number of rotatable bonds is 5. The van der Waals surface area contributed by atoms with Gasteiger partial charge in [0.15, 0.2) is 0 Å². The van der Waals surface area contributed by atoms with Crippen LogP contribution >= 0.6 is 11.6 Å². The molecule has 24 heavy (non-hydrogen) atoms. The highest BCUT2D eigenvalue weighted by Crippen LogP contribution is 2.33. The van der Waals surface area contributed by atoms with Crippen molar-refractivity contribution in [1.82, 2.24) is 4.90 Å². The molecule has 0 heterocycles. The number of carbonyl (C=O) groups is 1. The van der Waals surface area contributed by atoms with Crippen molar-refractivity contribution < 1.29 is 4.79 Å². The molecular weight excluding hydrogens is 320 g/mol. The van der Waals surface area contributed by atoms with Crippen LogP contribution in [0, 0.1) is 0 Å². The normalized spacial score (nSPS) is 16.7. The molecule has 1 aliphatic carbocycles. The molecule has 3 rings (SSSR count). The predicted molar refractivity (Wildman–Crippen MR) is 99.4 cm³/mol. The van der Waals surface area contributed by atoms with Crippen LogP contribution in [0.5, 0.6) is 0 Å². The van der Waals surface area contributed by atoms with Gasteiger partial charge in [-0.15, -0.1) is 0 Å². The molecule has 3 nitrogen and oxygen atoms in total. The van der Waals surface area contributed by atoms with Crippen LogP contribution in [0.4, 0.5) is 5.69 Å². The van der Waals surface area contributed by atoms with E-state index in [9.17, 15) is 4.79 Å². The first-order valence-corrected chi connectivity index (χ1v) is 8.85. The van der Waals surface area contributed by atoms with Crippen LogP contribution in [-0.2, 0) is 11.2 Å². The van der Waals surface area contributed by atoms with Crippen LogP contribution < -0.4 is 5.32 Å². The minimum atomic E-state index is -0.000885. The summed E-state index contributed by atoms with van der Waals surface area (Å²) in [6.07, 6.45) is 3.98. The number of benzene rings is 2. The molecule has 2 aromatic carbocycles. The number of halogens is 1. The molecule has 2 aromatic rings. The highest BCUT2D eigenvalue weighted by molar-refractivity contribution is 6.33. The van der Waals surface area contributed by atoms with Crippen molar-refractivity contribution in [3.63, 3.8) is 0 Å². The monoisotopic (exact) mass is 342 g/mol. The average Bonchev–Trinajstić information content (AvgIpc) is 2.61. The first-order valence-electron chi connectivity index (χ1n) is 8.47. The molecular formula is C20H23ClN2O. The van der Waals surface area contributed by atoms with Gasteiger partial charge in [-0.2, -0.15) is 0 Å². The van der Waals surface area contributed by atoms with Crippen LogP contribution in [0.3, 0.4) is 0 Å². The number of amides is 1. The summed E-state index contributed by atoms with van der Waals surface area (Å²) in [6.45, 7) is 0.731. The maximum Gasteiger partial charge on any atom is 0.225 e. The summed E-state index contributed by atoms with van der Waals surface area (Å²) >= 11 is 6.08. The Morgan fingerprint density at radius 3 is 2.79 bits per heavy atom. The van der Waals surface area contributed by atoms with E-state index in [1.807, 2.05) is 18.2 Å². The molecule has 1 N–H and O–H groups in total. The molecule has 1 amide bonds. The molecule has 0 spiro atoms. The number of hydrogen-bond donors (Lipinski definition) is 1. The highest BCUT2D eigenvalue weighted by Gasteiger charge is 2.23. The van der Waals surface area contributed by atoms with E-state index in [1.54, 1.807) is 6.07 Å². The Morgan fingerprint density at radius 2 is 1.96 bits per heavy atom. The van der Waals surface area contributed by atoms with Crippen molar-refractivity contribution in [2.75, 3.05) is 18.9 Å². The van der Waals surface area contributed by atoms with Crippen molar-refractivity contribution in [2.45, 2.75) is 31.7 Å². The fourth-order valence-corrected chi connectivity index (χ4v) is 3.58. The Morgan fingerprint density at radius 1 is 1.21 bits per heavy atom. The standard InChI is InChI=1S/C20H23ClN2O/c1-23(19-12-6-8-15-7-2-3-9-16(15)19)14-13-20(24)22-18-11-5-4-10-17(18)21/h2-5,7,9-11,19H,6,8,12-14H2,1H3,(H,22,24). The Balaban J connectivity index is 1.57. The van der Waals surface area contributed by atoms with Crippen molar-refractivity contribution >= 4 is 23.2 Å². The third-order valence-electron chi connectivity index (χ3n) is 4.71. The maximum atomic E-state index is 12.2. The van der Waals surface area contributed by atoms with E-state index in [0.29, 0.717) is 23.2 Å². The van der Waals surface area contributed by atoms with Crippen molar-refractivity contribution in [1.29, 1.82) is 0 Å². The zero-order valence-electron chi connectivity index (χ0n) is 14.0. The van der Waals surface area contributed by atoms with Gasteiger partial charge < -0.3 is 5.32 Å². The molecule has 1 atom stereocenters. The van der Waals surface area contributed by atoms with Gasteiger partial charge in [0, 0.05) is 19.0 Å². The molecule has 0 saturated heterocycles. The second-order valence-electron chi connectivity index (χ2n) is 6.37. The molecule has 1 aliphatic rings. The lowest BCUT2D eigenvalue weighted by Gasteiger charge is -2.33. The second kappa shape index (κ2) is 7.82. The summed E-state index contributed by atoms with van der Waals surface area (Å²) in [5.41, 5.74) is 3.54. The third-order valence-corrected chi connectivity index (χ3v) is 5.04. The van der Waals surface area contributed by atoms with Gasteiger partial charge in [0.25, 0.3) is 0 Å². The zero-order chi connectivity index (χ0) is 16.9. The molecule has 0 aromatic heterocycles. The van der Waals surface area contributed by atoms with Crippen molar-refractivity contribution in [3.05, 3.63) is 64.7 Å². The minimum absolute atomic E-state index is 0.000885. The minimum Gasteiger partial charge on any atom is -0.325 e. The Hall–Kier alpha value is -1.84. The van der Waals surface area contributed by atoms with Gasteiger partial charge in [0.2, 0.25) is 5.91 Å². The van der Waals surface area contributed by atoms with E-state index in [-0.39, 0.29) is 5.91 Å². The topological polar surface area (TPSA) is 32.3 Å². The van der Waals surface area contributed by atoms with E-state index in [1.165, 1.54) is 17.5 Å². The molecule has 0 radical (unpaired) electrons. The predicted octanol–water partition coefficient (Wildman–Crippen LogP) is 4.68. The van der Waals surface area contributed by atoms with Gasteiger partial charge in [-0.25, -0.2) is 0 Å². The fraction of sp³-hybridized carbons (Fsp3) is 0.350. The van der Waals surface area contributed by atoms with E-state index in [0.717, 1.165) is 19.4 Å². The molecule has 4 heteroatoms. The lowest BCUT2D eigenvalue weighted by atomic mass is 9.87. The SMILES string of the molecule is CN(CCC(=O)Nc1ccccc1Cl)C1CCCc2ccccc21. The van der Waals surface area contributed by atoms with Crippen LogP contribution in [0.1, 0.15) is 36.4 Å². The summed E-state index contributed by atoms with van der Waals surface area (Å²) in [5, 5.41) is 3.46. The number of para-hydroxylation sites is 1. The summed E-state index contributed by atoms with van der Waals surface area (Å²) in [7, 11) is 2.11. The third kappa shape index (κ3) is 3.97. The smallest absolute Gasteiger partial charge is 0.225 e. The lowest BCUT2D eigenvalue weighted by Crippen LogP contribution is -2.30. The van der Waals surface area contributed by atoms with E-state index < -0.39 is 0 Å². The molecule has 0 saturated carbocycles. The number of aryl methyl sites for hydroxylation is 1. The summed E-state index contributed by atoms with van der Waals surface area (Å²) in [6, 6.07) is 16.4. The van der Waals surface area contributed by atoms with Crippen molar-refractivity contribution in [3.8, 4) is 0 Å². The maximum absolute atomic E-state index is 12.2. The Kier molecular flexibility index (Phi) is 5.54. The number of anilines is 1. The first kappa shape index (κ1) is 17.0. The number of hydrogen-bond acceptors (Lipinski definition) is 2. The Labute approximate surface area is 148 Å². The molecule has 0 fully saturated rings. The van der Waals surface area contributed by atoms with Crippen molar-refractivity contribution in [2.24, 2.45) is 0 Å². The first-order chi connectivity index (χ1) is 11.6. The van der Waals surface area contributed by atoms with Gasteiger partial charge in [0.1, 0.15) is 0 Å². The summed E-state index contributed by atoms with van der Waals surface area (Å²) < 4.78 is 0. The van der Waals surface area contributed by atoms with E-state index in [2.05, 4.69) is 41.5 Å². The molecule has 1 unspecified atom stereocenters. The second-order valence-corrected chi connectivity index (χ2v) is 6.77. The van der Waals surface area contributed by atoms with Crippen LogP contribution in [0.25, 0.3) is 0 Å². The van der Waals surface area contributed by atoms with Gasteiger partial charge in [-0.05, 0) is 49.6 Å². The quantitative estimate of drug-likeness (QED) is 0.855. The summed E-state index contributed by atoms with van der Waals surface area (Å²) in [4.78, 5) is 14.5. The van der Waals surface area contributed by atoms with Crippen LogP contribution in [0.2, 0.25) is 5.02 Å². The van der Waals surface area contributed by atoms with Crippen LogP contribution in [-0.4, -0.2) is 24.4 Å². The summed E-state index contributed by atoms with van der Waals surface area (Å²) in [5.74, 6) is -0.000885. The Bertz CT molecular complexity index is 716. The number of nitrogens with one attached hydrogen (secondary N) is 1. The number of carbonyl (C=O) groups excluding carboxylic acids is 1. The van der Waals surface area contributed by atoms with Crippen LogP contribution in [0.15, 0.2) is 48.5 Å². The lowest BCUT2D eigenvalue weighted by molar-refractivity contribution is -0.116. The largest absolute Gasteiger partial charge is 0.325 e. The van der Waals surface area contributed by atoms with Gasteiger partial charge in [-0.1, -0.05) is 48.0 Å². The zero-order valence-corrected chi connectivity index (χ0v) is 14.7. The molecule has 126 valence electrons. The highest BCUT2D eigenvalue weighted by atomic mass is 35.5. The number of fused-ring (bicyclic) bond motifs is 1. The number of nitrogens with zero attached hydrogens (tertiary/aromatic N) is 1. The average molecular weight is 343 g/mol.